The summed E-state index contributed by atoms with van der Waals surface area (Å²) in [5.74, 6) is 2.15. The van der Waals surface area contributed by atoms with E-state index in [4.69, 9.17) is 11.6 Å². The molecule has 0 saturated heterocycles. The molecule has 0 aliphatic rings. The Balaban J connectivity index is 2.43. The molecule has 0 spiro atoms. The highest BCUT2D eigenvalue weighted by Crippen LogP contribution is 2.17. The first kappa shape index (κ1) is 13.9. The first-order valence-electron chi connectivity index (χ1n) is 5.55. The molecule has 90 valence electrons. The van der Waals surface area contributed by atoms with Crippen molar-refractivity contribution >= 4 is 23.4 Å². The lowest BCUT2D eigenvalue weighted by molar-refractivity contribution is 0.528. The molecule has 1 aromatic carbocycles. The lowest BCUT2D eigenvalue weighted by Gasteiger charge is -2.13. The van der Waals surface area contributed by atoms with Crippen molar-refractivity contribution in [3.63, 3.8) is 0 Å². The quantitative estimate of drug-likeness (QED) is 0.518. The number of halogens is 2. The second-order valence-corrected chi connectivity index (χ2v) is 5.28. The number of alkyl halides is 1. The van der Waals surface area contributed by atoms with Gasteiger partial charge in [0, 0.05) is 5.88 Å². The first-order valence-corrected chi connectivity index (χ1v) is 7.48. The average Bonchev–Trinajstić information content (AvgIpc) is 2.28. The maximum atomic E-state index is 13.0. The van der Waals surface area contributed by atoms with Gasteiger partial charge in [-0.3, -0.25) is 0 Å². The summed E-state index contributed by atoms with van der Waals surface area (Å²) in [6.07, 6.45) is 5.31. The van der Waals surface area contributed by atoms with Gasteiger partial charge < -0.3 is 0 Å². The minimum atomic E-state index is -0.157. The third-order valence-electron chi connectivity index (χ3n) is 2.59. The second kappa shape index (κ2) is 7.97. The van der Waals surface area contributed by atoms with E-state index in [-0.39, 0.29) is 5.82 Å². The van der Waals surface area contributed by atoms with Crippen molar-refractivity contribution in [1.82, 2.24) is 0 Å². The summed E-state index contributed by atoms with van der Waals surface area (Å²) in [7, 11) is 0. The highest BCUT2D eigenvalue weighted by atomic mass is 35.5. The topological polar surface area (TPSA) is 0 Å². The van der Waals surface area contributed by atoms with Crippen molar-refractivity contribution in [1.29, 1.82) is 0 Å². The van der Waals surface area contributed by atoms with Crippen molar-refractivity contribution in [2.45, 2.75) is 19.3 Å². The summed E-state index contributed by atoms with van der Waals surface area (Å²) in [5.41, 5.74) is 1.05. The number of thioether (sulfide) groups is 1. The monoisotopic (exact) mass is 260 g/mol. The molecule has 0 heterocycles. The van der Waals surface area contributed by atoms with Gasteiger partial charge in [0.25, 0.3) is 0 Å². The normalized spacial score (nSPS) is 12.7. The van der Waals surface area contributed by atoms with Crippen molar-refractivity contribution in [2.75, 3.05) is 17.9 Å². The predicted octanol–water partition coefficient (Wildman–Crippen LogP) is 4.37. The number of benzene rings is 1. The third kappa shape index (κ3) is 5.22. The van der Waals surface area contributed by atoms with Gasteiger partial charge in [-0.2, -0.15) is 11.8 Å². The Morgan fingerprint density at radius 3 is 2.88 bits per heavy atom. The molecule has 1 aromatic rings. The van der Waals surface area contributed by atoms with E-state index in [0.29, 0.717) is 11.8 Å². The zero-order valence-electron chi connectivity index (χ0n) is 9.59. The van der Waals surface area contributed by atoms with Crippen molar-refractivity contribution in [3.05, 3.63) is 35.6 Å². The maximum Gasteiger partial charge on any atom is 0.123 e. The third-order valence-corrected chi connectivity index (χ3v) is 3.73. The molecule has 0 aromatic heterocycles. The Hall–Kier alpha value is -0.210. The van der Waals surface area contributed by atoms with Crippen LogP contribution in [0.4, 0.5) is 4.39 Å². The number of rotatable bonds is 7. The van der Waals surface area contributed by atoms with Crippen LogP contribution in [0.1, 0.15) is 18.4 Å². The van der Waals surface area contributed by atoms with Gasteiger partial charge in [-0.05, 0) is 54.9 Å². The standard InChI is InChI=1S/C13H18ClFS/c1-16-7-3-5-12(10-14)8-11-4-2-6-13(15)9-11/h2,4,6,9,12H,3,5,7-8,10H2,1H3. The van der Waals surface area contributed by atoms with Gasteiger partial charge >= 0.3 is 0 Å². The SMILES string of the molecule is CSCCCC(CCl)Cc1cccc(F)c1. The summed E-state index contributed by atoms with van der Waals surface area (Å²) in [6.45, 7) is 0. The molecule has 0 saturated carbocycles. The summed E-state index contributed by atoms with van der Waals surface area (Å²) in [5, 5.41) is 0. The van der Waals surface area contributed by atoms with Gasteiger partial charge in [0.1, 0.15) is 5.82 Å². The van der Waals surface area contributed by atoms with Gasteiger partial charge in [0.15, 0.2) is 0 Å². The Kier molecular flexibility index (Phi) is 6.90. The lowest BCUT2D eigenvalue weighted by Crippen LogP contribution is -2.07. The van der Waals surface area contributed by atoms with E-state index in [1.807, 2.05) is 17.8 Å². The van der Waals surface area contributed by atoms with Crippen LogP contribution >= 0.6 is 23.4 Å². The molecule has 16 heavy (non-hydrogen) atoms. The van der Waals surface area contributed by atoms with E-state index in [2.05, 4.69) is 6.26 Å². The summed E-state index contributed by atoms with van der Waals surface area (Å²) >= 11 is 7.80. The molecule has 1 atom stereocenters. The summed E-state index contributed by atoms with van der Waals surface area (Å²) in [6, 6.07) is 6.82. The fourth-order valence-electron chi connectivity index (χ4n) is 1.75. The molecular formula is C13H18ClFS. The Bertz CT molecular complexity index is 304. The van der Waals surface area contributed by atoms with Crippen molar-refractivity contribution in [2.24, 2.45) is 5.92 Å². The summed E-state index contributed by atoms with van der Waals surface area (Å²) < 4.78 is 13.0. The molecule has 0 aliphatic carbocycles. The van der Waals surface area contributed by atoms with E-state index >= 15 is 0 Å². The zero-order chi connectivity index (χ0) is 11.8. The van der Waals surface area contributed by atoms with Gasteiger partial charge in [0.2, 0.25) is 0 Å². The molecule has 1 unspecified atom stereocenters. The fourth-order valence-corrected chi connectivity index (χ4v) is 2.47. The molecule has 3 heteroatoms. The molecule has 0 radical (unpaired) electrons. The minimum Gasteiger partial charge on any atom is -0.207 e. The maximum absolute atomic E-state index is 13.0. The van der Waals surface area contributed by atoms with Crippen LogP contribution in [0, 0.1) is 11.7 Å². The smallest absolute Gasteiger partial charge is 0.123 e. The van der Waals surface area contributed by atoms with Crippen LogP contribution < -0.4 is 0 Å². The van der Waals surface area contributed by atoms with E-state index < -0.39 is 0 Å². The lowest BCUT2D eigenvalue weighted by atomic mass is 9.97. The fraction of sp³-hybridized carbons (Fsp3) is 0.538. The van der Waals surface area contributed by atoms with Crippen LogP contribution in [-0.4, -0.2) is 17.9 Å². The Morgan fingerprint density at radius 2 is 2.25 bits per heavy atom. The Labute approximate surface area is 107 Å². The molecular weight excluding hydrogens is 243 g/mol. The molecule has 0 bridgehead atoms. The van der Waals surface area contributed by atoms with Crippen LogP contribution in [0.5, 0.6) is 0 Å². The number of hydrogen-bond acceptors (Lipinski definition) is 1. The second-order valence-electron chi connectivity index (χ2n) is 3.99. The molecule has 0 amide bonds. The first-order chi connectivity index (χ1) is 7.76. The van der Waals surface area contributed by atoms with E-state index in [9.17, 15) is 4.39 Å². The predicted molar refractivity (Wildman–Crippen MR) is 71.9 cm³/mol. The zero-order valence-corrected chi connectivity index (χ0v) is 11.2. The van der Waals surface area contributed by atoms with Crippen LogP contribution in [0.3, 0.4) is 0 Å². The Morgan fingerprint density at radius 1 is 1.44 bits per heavy atom. The van der Waals surface area contributed by atoms with Gasteiger partial charge in [-0.25, -0.2) is 4.39 Å². The highest BCUT2D eigenvalue weighted by Gasteiger charge is 2.08. The van der Waals surface area contributed by atoms with Crippen LogP contribution in [0.2, 0.25) is 0 Å². The van der Waals surface area contributed by atoms with Gasteiger partial charge in [-0.1, -0.05) is 12.1 Å². The summed E-state index contributed by atoms with van der Waals surface area (Å²) in [4.78, 5) is 0. The molecule has 0 aliphatic heterocycles. The molecule has 0 N–H and O–H groups in total. The largest absolute Gasteiger partial charge is 0.207 e. The van der Waals surface area contributed by atoms with Crippen LogP contribution in [0.15, 0.2) is 24.3 Å². The van der Waals surface area contributed by atoms with Gasteiger partial charge in [0.05, 0.1) is 0 Å². The van der Waals surface area contributed by atoms with Crippen molar-refractivity contribution in [3.8, 4) is 0 Å². The van der Waals surface area contributed by atoms with Crippen molar-refractivity contribution < 1.29 is 4.39 Å². The number of hydrogen-bond donors (Lipinski definition) is 0. The van der Waals surface area contributed by atoms with E-state index in [1.165, 1.54) is 18.2 Å². The van der Waals surface area contributed by atoms with Crippen LogP contribution in [-0.2, 0) is 6.42 Å². The molecule has 0 nitrogen and oxygen atoms in total. The highest BCUT2D eigenvalue weighted by molar-refractivity contribution is 7.98. The minimum absolute atomic E-state index is 0.157. The average molecular weight is 261 g/mol. The van der Waals surface area contributed by atoms with Gasteiger partial charge in [-0.15, -0.1) is 11.6 Å². The molecule has 0 fully saturated rings. The van der Waals surface area contributed by atoms with E-state index in [1.54, 1.807) is 12.1 Å². The van der Waals surface area contributed by atoms with Crippen LogP contribution in [0.25, 0.3) is 0 Å². The van der Waals surface area contributed by atoms with E-state index in [0.717, 1.165) is 18.4 Å². The molecule has 1 rings (SSSR count).